The van der Waals surface area contributed by atoms with Gasteiger partial charge in [-0.15, -0.1) is 0 Å². The predicted octanol–water partition coefficient (Wildman–Crippen LogP) is 9.62. The molecule has 0 saturated carbocycles. The van der Waals surface area contributed by atoms with E-state index in [0.717, 1.165) is 5.56 Å². The van der Waals surface area contributed by atoms with Crippen LogP contribution in [0.4, 0.5) is 0 Å². The first-order valence-electron chi connectivity index (χ1n) is 11.7. The van der Waals surface area contributed by atoms with E-state index >= 15 is 0 Å². The van der Waals surface area contributed by atoms with Crippen molar-refractivity contribution in [2.24, 2.45) is 0 Å². The Morgan fingerprint density at radius 1 is 0.441 bits per heavy atom. The van der Waals surface area contributed by atoms with Crippen molar-refractivity contribution >= 4 is 27.6 Å². The molecule has 6 aromatic rings. The zero-order valence-electron chi connectivity index (χ0n) is 18.8. The molecular weight excluding hydrogens is 408 g/mol. The maximum absolute atomic E-state index is 3.85. The summed E-state index contributed by atoms with van der Waals surface area (Å²) in [6.07, 6.45) is 1.88. The minimum absolute atomic E-state index is 1.14. The van der Waals surface area contributed by atoms with Crippen molar-refractivity contribution in [1.82, 2.24) is 0 Å². The highest BCUT2D eigenvalue weighted by molar-refractivity contribution is 6.18. The van der Waals surface area contributed by atoms with Gasteiger partial charge in [0.05, 0.1) is 0 Å². The van der Waals surface area contributed by atoms with Gasteiger partial charge in [0.25, 0.3) is 0 Å². The standard InChI is InChI=1S/C34H22/c1-2-22-10-12-23(13-11-22)24-14-15-26-21-27(17-16-25(26)20-24)28-18-19-33-30-7-4-3-6-29(30)32-9-5-8-31(28)34(32)33/h2-21H,1H2. The van der Waals surface area contributed by atoms with Gasteiger partial charge in [-0.1, -0.05) is 116 Å². The molecule has 0 N–H and O–H groups in total. The Kier molecular flexibility index (Phi) is 4.10. The lowest BCUT2D eigenvalue weighted by atomic mass is 9.92. The number of benzene rings is 6. The van der Waals surface area contributed by atoms with Gasteiger partial charge in [-0.25, -0.2) is 0 Å². The Morgan fingerprint density at radius 2 is 1.03 bits per heavy atom. The molecule has 0 atom stereocenters. The molecule has 0 radical (unpaired) electrons. The second-order valence-corrected chi connectivity index (χ2v) is 9.04. The molecule has 0 nitrogen and oxygen atoms in total. The molecular formula is C34H22. The maximum Gasteiger partial charge on any atom is -0.00201 e. The Labute approximate surface area is 199 Å². The topological polar surface area (TPSA) is 0 Å². The number of fused-ring (bicyclic) bond motifs is 4. The molecule has 34 heavy (non-hydrogen) atoms. The lowest BCUT2D eigenvalue weighted by molar-refractivity contribution is 1.62. The monoisotopic (exact) mass is 430 g/mol. The van der Waals surface area contributed by atoms with Crippen molar-refractivity contribution in [3.8, 4) is 44.5 Å². The van der Waals surface area contributed by atoms with E-state index < -0.39 is 0 Å². The molecule has 0 spiro atoms. The van der Waals surface area contributed by atoms with Crippen LogP contribution in [0.25, 0.3) is 72.1 Å². The number of rotatable bonds is 3. The lowest BCUT2D eigenvalue weighted by Crippen LogP contribution is -1.85. The third-order valence-corrected chi connectivity index (χ3v) is 7.18. The molecule has 1 aliphatic carbocycles. The summed E-state index contributed by atoms with van der Waals surface area (Å²) in [4.78, 5) is 0. The molecule has 0 saturated heterocycles. The zero-order valence-corrected chi connectivity index (χ0v) is 18.8. The van der Waals surface area contributed by atoms with Gasteiger partial charge in [0.1, 0.15) is 0 Å². The van der Waals surface area contributed by atoms with E-state index in [1.165, 1.54) is 66.1 Å². The molecule has 158 valence electrons. The van der Waals surface area contributed by atoms with Crippen LogP contribution in [0, 0.1) is 0 Å². The summed E-state index contributed by atoms with van der Waals surface area (Å²) in [5, 5.41) is 5.21. The highest BCUT2D eigenvalue weighted by Gasteiger charge is 2.22. The largest absolute Gasteiger partial charge is 0.0985 e. The Bertz CT molecular complexity index is 1720. The summed E-state index contributed by atoms with van der Waals surface area (Å²) in [7, 11) is 0. The first-order valence-corrected chi connectivity index (χ1v) is 11.7. The third kappa shape index (κ3) is 2.79. The molecule has 1 aliphatic rings. The van der Waals surface area contributed by atoms with Crippen LogP contribution in [0.1, 0.15) is 5.56 Å². The summed E-state index contributed by atoms with van der Waals surface area (Å²) in [5.41, 5.74) is 11.5. The molecule has 0 fully saturated rings. The van der Waals surface area contributed by atoms with E-state index in [1.807, 2.05) is 6.08 Å². The zero-order chi connectivity index (χ0) is 22.6. The molecule has 0 aliphatic heterocycles. The van der Waals surface area contributed by atoms with Gasteiger partial charge < -0.3 is 0 Å². The molecule has 0 heteroatoms. The predicted molar refractivity (Wildman–Crippen MR) is 147 cm³/mol. The van der Waals surface area contributed by atoms with Crippen LogP contribution in [0.3, 0.4) is 0 Å². The van der Waals surface area contributed by atoms with Crippen LogP contribution in [0.2, 0.25) is 0 Å². The van der Waals surface area contributed by atoms with Crippen LogP contribution < -0.4 is 0 Å². The molecule has 7 rings (SSSR count). The van der Waals surface area contributed by atoms with Gasteiger partial charge in [-0.2, -0.15) is 0 Å². The second kappa shape index (κ2) is 7.30. The van der Waals surface area contributed by atoms with E-state index in [-0.39, 0.29) is 0 Å². The lowest BCUT2D eigenvalue weighted by Gasteiger charge is -2.11. The smallest absolute Gasteiger partial charge is 0.00201 e. The van der Waals surface area contributed by atoms with E-state index in [2.05, 4.69) is 122 Å². The average Bonchev–Trinajstić information content (AvgIpc) is 3.24. The van der Waals surface area contributed by atoms with E-state index in [9.17, 15) is 0 Å². The van der Waals surface area contributed by atoms with Gasteiger partial charge in [0.2, 0.25) is 0 Å². The summed E-state index contributed by atoms with van der Waals surface area (Å²) in [6.45, 7) is 3.85. The van der Waals surface area contributed by atoms with Gasteiger partial charge >= 0.3 is 0 Å². The van der Waals surface area contributed by atoms with Gasteiger partial charge in [0, 0.05) is 0 Å². The number of hydrogen-bond acceptors (Lipinski definition) is 0. The fourth-order valence-corrected chi connectivity index (χ4v) is 5.46. The van der Waals surface area contributed by atoms with Crippen LogP contribution in [0.15, 0.2) is 122 Å². The van der Waals surface area contributed by atoms with Crippen molar-refractivity contribution < 1.29 is 0 Å². The van der Waals surface area contributed by atoms with Gasteiger partial charge in [-0.3, -0.25) is 0 Å². The molecule has 0 heterocycles. The van der Waals surface area contributed by atoms with Crippen LogP contribution in [0.5, 0.6) is 0 Å². The summed E-state index contributed by atoms with van der Waals surface area (Å²) < 4.78 is 0. The van der Waals surface area contributed by atoms with Crippen molar-refractivity contribution in [3.05, 3.63) is 127 Å². The van der Waals surface area contributed by atoms with Crippen molar-refractivity contribution in [2.75, 3.05) is 0 Å². The Hall–Kier alpha value is -4.42. The van der Waals surface area contributed by atoms with E-state index in [4.69, 9.17) is 0 Å². The summed E-state index contributed by atoms with van der Waals surface area (Å²) >= 11 is 0. The first-order chi connectivity index (χ1) is 16.8. The molecule has 0 bridgehead atoms. The van der Waals surface area contributed by atoms with Crippen LogP contribution in [-0.4, -0.2) is 0 Å². The minimum Gasteiger partial charge on any atom is -0.0985 e. The minimum atomic E-state index is 1.14. The second-order valence-electron chi connectivity index (χ2n) is 9.04. The Morgan fingerprint density at radius 3 is 1.76 bits per heavy atom. The highest BCUT2D eigenvalue weighted by Crippen LogP contribution is 2.49. The average molecular weight is 431 g/mol. The third-order valence-electron chi connectivity index (χ3n) is 7.18. The van der Waals surface area contributed by atoms with Gasteiger partial charge in [-0.05, 0) is 83.7 Å². The molecule has 0 unspecified atom stereocenters. The normalized spacial score (nSPS) is 11.6. The Balaban J connectivity index is 1.35. The maximum atomic E-state index is 3.85. The van der Waals surface area contributed by atoms with Crippen molar-refractivity contribution in [2.45, 2.75) is 0 Å². The van der Waals surface area contributed by atoms with Gasteiger partial charge in [0.15, 0.2) is 0 Å². The first kappa shape index (κ1) is 19.1. The number of hydrogen-bond donors (Lipinski definition) is 0. The van der Waals surface area contributed by atoms with Crippen LogP contribution in [-0.2, 0) is 0 Å². The van der Waals surface area contributed by atoms with E-state index in [1.54, 1.807) is 0 Å². The highest BCUT2D eigenvalue weighted by atomic mass is 14.2. The van der Waals surface area contributed by atoms with Crippen molar-refractivity contribution in [1.29, 1.82) is 0 Å². The fourth-order valence-electron chi connectivity index (χ4n) is 5.46. The van der Waals surface area contributed by atoms with E-state index in [0.29, 0.717) is 0 Å². The van der Waals surface area contributed by atoms with Crippen LogP contribution >= 0.6 is 0 Å². The summed E-state index contributed by atoms with van der Waals surface area (Å²) in [6, 6.07) is 42.2. The fraction of sp³-hybridized carbons (Fsp3) is 0. The van der Waals surface area contributed by atoms with Crippen molar-refractivity contribution in [3.63, 3.8) is 0 Å². The quantitative estimate of drug-likeness (QED) is 0.262. The molecule has 0 amide bonds. The molecule has 0 aromatic heterocycles. The molecule has 6 aromatic carbocycles. The summed E-state index contributed by atoms with van der Waals surface area (Å²) in [5.74, 6) is 0. The SMILES string of the molecule is C=Cc1ccc(-c2ccc3cc(-c4ccc5c6c(cccc46)-c4ccccc4-5)ccc3c2)cc1.